The van der Waals surface area contributed by atoms with Crippen LogP contribution in [-0.2, 0) is 9.53 Å². The van der Waals surface area contributed by atoms with Gasteiger partial charge in [-0.3, -0.25) is 0 Å². The second-order valence-corrected chi connectivity index (χ2v) is 2.90. The molecule has 0 aromatic rings. The fraction of sp³-hybridized carbons (Fsp3) is 0.625. The van der Waals surface area contributed by atoms with Gasteiger partial charge in [0.05, 0.1) is 0 Å². The molecule has 0 radical (unpaired) electrons. The van der Waals surface area contributed by atoms with Crippen LogP contribution in [0.1, 0.15) is 6.92 Å². The van der Waals surface area contributed by atoms with Crippen molar-refractivity contribution in [2.45, 2.75) is 31.2 Å². The van der Waals surface area contributed by atoms with Gasteiger partial charge in [0.15, 0.2) is 6.10 Å². The molecule has 8 heteroatoms. The van der Waals surface area contributed by atoms with Gasteiger partial charge in [-0.25, -0.2) is 4.79 Å². The Labute approximate surface area is 87.5 Å². The summed E-state index contributed by atoms with van der Waals surface area (Å²) in [6.07, 6.45) is -11.3. The predicted molar refractivity (Wildman–Crippen MR) is 42.8 cm³/mol. The number of carbonyl (C=O) groups excluding carboxylic acids is 1. The second kappa shape index (κ2) is 4.77. The summed E-state index contributed by atoms with van der Waals surface area (Å²) in [5, 5.41) is 8.38. The highest BCUT2D eigenvalue weighted by Gasteiger charge is 2.59. The molecule has 0 spiro atoms. The number of hydrogen-bond donors (Lipinski definition) is 1. The molecule has 0 aliphatic carbocycles. The Morgan fingerprint density at radius 1 is 1.38 bits per heavy atom. The molecule has 2 unspecified atom stereocenters. The van der Waals surface area contributed by atoms with Crippen molar-refractivity contribution in [2.75, 3.05) is 0 Å². The normalized spacial score (nSPS) is 16.4. The minimum Gasteiger partial charge on any atom is -0.453 e. The molecule has 0 bridgehead atoms. The lowest BCUT2D eigenvalue weighted by Crippen LogP contribution is -2.52. The van der Waals surface area contributed by atoms with Crippen molar-refractivity contribution in [1.29, 1.82) is 0 Å². The maximum Gasteiger partial charge on any atom is 0.420 e. The van der Waals surface area contributed by atoms with Crippen molar-refractivity contribution in [3.8, 4) is 0 Å². The maximum absolute atomic E-state index is 12.9. The number of rotatable bonds is 4. The third-order valence-electron chi connectivity index (χ3n) is 1.68. The molecule has 0 aromatic heterocycles. The average Bonchev–Trinajstić information content (AvgIpc) is 2.14. The van der Waals surface area contributed by atoms with E-state index in [1.54, 1.807) is 0 Å². The van der Waals surface area contributed by atoms with Gasteiger partial charge in [0.2, 0.25) is 6.10 Å². The van der Waals surface area contributed by atoms with Gasteiger partial charge in [0.25, 0.3) is 0 Å². The van der Waals surface area contributed by atoms with E-state index in [-0.39, 0.29) is 0 Å². The molecule has 0 saturated heterocycles. The lowest BCUT2D eigenvalue weighted by atomic mass is 10.1. The highest BCUT2D eigenvalue weighted by atomic mass is 19.4. The summed E-state index contributed by atoms with van der Waals surface area (Å²) in [6, 6.07) is 0. The first-order chi connectivity index (χ1) is 7.03. The number of alkyl halides is 5. The van der Waals surface area contributed by atoms with Crippen LogP contribution in [0, 0.1) is 0 Å². The smallest absolute Gasteiger partial charge is 0.420 e. The molecule has 94 valence electrons. The zero-order chi connectivity index (χ0) is 13.1. The van der Waals surface area contributed by atoms with Gasteiger partial charge in [-0.2, -0.15) is 22.0 Å². The SMILES string of the molecule is C=CC(=O)OC(C)C(F)(F)C(O)C(F)(F)F. The molecule has 2 atom stereocenters. The van der Waals surface area contributed by atoms with Gasteiger partial charge in [-0.05, 0) is 6.92 Å². The molecule has 0 rings (SSSR count). The Bertz CT molecular complexity index is 273. The number of carbonyl (C=O) groups is 1. The molecule has 16 heavy (non-hydrogen) atoms. The summed E-state index contributed by atoms with van der Waals surface area (Å²) in [5.74, 6) is -5.93. The van der Waals surface area contributed by atoms with Crippen molar-refractivity contribution in [3.63, 3.8) is 0 Å². The first-order valence-electron chi connectivity index (χ1n) is 3.99. The molecule has 1 N–H and O–H groups in total. The molecular weight excluding hydrogens is 239 g/mol. The van der Waals surface area contributed by atoms with Crippen LogP contribution in [0.15, 0.2) is 12.7 Å². The van der Waals surface area contributed by atoms with Crippen LogP contribution >= 0.6 is 0 Å². The van der Waals surface area contributed by atoms with Gasteiger partial charge < -0.3 is 9.84 Å². The molecule has 0 aliphatic rings. The van der Waals surface area contributed by atoms with Crippen LogP contribution in [0.2, 0.25) is 0 Å². The van der Waals surface area contributed by atoms with Crippen molar-refractivity contribution >= 4 is 5.97 Å². The Balaban J connectivity index is 4.77. The van der Waals surface area contributed by atoms with Crippen LogP contribution in [0.5, 0.6) is 0 Å². The number of ether oxygens (including phenoxy) is 1. The van der Waals surface area contributed by atoms with Crippen LogP contribution in [-0.4, -0.2) is 35.4 Å². The van der Waals surface area contributed by atoms with Crippen molar-refractivity contribution in [1.82, 2.24) is 0 Å². The first kappa shape index (κ1) is 14.8. The third-order valence-corrected chi connectivity index (χ3v) is 1.68. The molecule has 0 aliphatic heterocycles. The molecule has 0 saturated carbocycles. The van der Waals surface area contributed by atoms with E-state index in [9.17, 15) is 26.7 Å². The summed E-state index contributed by atoms with van der Waals surface area (Å²) < 4.78 is 65.3. The summed E-state index contributed by atoms with van der Waals surface area (Å²) in [6.45, 7) is 3.42. The van der Waals surface area contributed by atoms with Gasteiger partial charge in [-0.1, -0.05) is 6.58 Å². The maximum atomic E-state index is 12.9. The Hall–Kier alpha value is -1.18. The average molecular weight is 248 g/mol. The standard InChI is InChI=1S/C8H9F5O3/c1-3-5(14)16-4(2)7(9,10)6(15)8(11,12)13/h3-4,6,15H,1H2,2H3. The number of aliphatic hydroxyl groups excluding tert-OH is 1. The highest BCUT2D eigenvalue weighted by Crippen LogP contribution is 2.35. The van der Waals surface area contributed by atoms with E-state index < -0.39 is 30.3 Å². The minimum atomic E-state index is -5.50. The zero-order valence-electron chi connectivity index (χ0n) is 8.09. The Kier molecular flexibility index (Phi) is 4.42. The van der Waals surface area contributed by atoms with Crippen LogP contribution < -0.4 is 0 Å². The summed E-state index contributed by atoms with van der Waals surface area (Å²) in [5.41, 5.74) is 0. The van der Waals surface area contributed by atoms with Crippen molar-refractivity contribution in [2.24, 2.45) is 0 Å². The van der Waals surface area contributed by atoms with E-state index in [1.165, 1.54) is 0 Å². The van der Waals surface area contributed by atoms with Crippen LogP contribution in [0.4, 0.5) is 22.0 Å². The van der Waals surface area contributed by atoms with E-state index in [2.05, 4.69) is 11.3 Å². The topological polar surface area (TPSA) is 46.5 Å². The number of esters is 1. The van der Waals surface area contributed by atoms with Gasteiger partial charge in [-0.15, -0.1) is 0 Å². The third kappa shape index (κ3) is 3.44. The summed E-state index contributed by atoms with van der Waals surface area (Å²) in [4.78, 5) is 10.5. The Morgan fingerprint density at radius 2 is 1.81 bits per heavy atom. The molecule has 0 aromatic carbocycles. The summed E-state index contributed by atoms with van der Waals surface area (Å²) in [7, 11) is 0. The van der Waals surface area contributed by atoms with E-state index in [0.29, 0.717) is 13.0 Å². The van der Waals surface area contributed by atoms with Crippen LogP contribution in [0.3, 0.4) is 0 Å². The van der Waals surface area contributed by atoms with E-state index in [1.807, 2.05) is 0 Å². The molecular formula is C8H9F5O3. The van der Waals surface area contributed by atoms with E-state index in [4.69, 9.17) is 5.11 Å². The molecule has 0 heterocycles. The molecule has 0 fully saturated rings. The molecule has 3 nitrogen and oxygen atoms in total. The number of halogens is 5. The zero-order valence-corrected chi connectivity index (χ0v) is 8.09. The quantitative estimate of drug-likeness (QED) is 0.467. The molecule has 0 amide bonds. The summed E-state index contributed by atoms with van der Waals surface area (Å²) >= 11 is 0. The minimum absolute atomic E-state index is 0.520. The van der Waals surface area contributed by atoms with Crippen molar-refractivity contribution in [3.05, 3.63) is 12.7 Å². The fourth-order valence-corrected chi connectivity index (χ4v) is 0.741. The second-order valence-electron chi connectivity index (χ2n) is 2.90. The fourth-order valence-electron chi connectivity index (χ4n) is 0.741. The number of aliphatic hydroxyl groups is 1. The van der Waals surface area contributed by atoms with Gasteiger partial charge >= 0.3 is 18.1 Å². The predicted octanol–water partition coefficient (Wildman–Crippen LogP) is 1.66. The van der Waals surface area contributed by atoms with E-state index >= 15 is 0 Å². The first-order valence-corrected chi connectivity index (χ1v) is 3.99. The van der Waals surface area contributed by atoms with Gasteiger partial charge in [0.1, 0.15) is 0 Å². The highest BCUT2D eigenvalue weighted by molar-refractivity contribution is 5.81. The van der Waals surface area contributed by atoms with Crippen LogP contribution in [0.25, 0.3) is 0 Å². The monoisotopic (exact) mass is 248 g/mol. The Morgan fingerprint density at radius 3 is 2.12 bits per heavy atom. The van der Waals surface area contributed by atoms with Gasteiger partial charge in [0, 0.05) is 6.08 Å². The number of hydrogen-bond acceptors (Lipinski definition) is 3. The lowest BCUT2D eigenvalue weighted by molar-refractivity contribution is -0.290. The van der Waals surface area contributed by atoms with Crippen molar-refractivity contribution < 1.29 is 36.6 Å². The van der Waals surface area contributed by atoms with E-state index in [0.717, 1.165) is 0 Å². The lowest BCUT2D eigenvalue weighted by Gasteiger charge is -2.28. The largest absolute Gasteiger partial charge is 0.453 e.